The lowest BCUT2D eigenvalue weighted by Gasteiger charge is -2.31. The molecule has 0 bridgehead atoms. The maximum Gasteiger partial charge on any atom is 0.407 e. The molecule has 2 saturated heterocycles. The Bertz CT molecular complexity index is 1370. The van der Waals surface area contributed by atoms with Crippen LogP contribution in [0.4, 0.5) is 10.5 Å². The number of anilines is 1. The molecular weight excluding hydrogens is 592 g/mol. The van der Waals surface area contributed by atoms with Gasteiger partial charge in [0.15, 0.2) is 6.29 Å². The second kappa shape index (κ2) is 14.7. The Morgan fingerprint density at radius 2 is 1.84 bits per heavy atom. The summed E-state index contributed by atoms with van der Waals surface area (Å²) in [6.07, 6.45) is 0.714. The molecule has 0 radical (unpaired) electrons. The van der Waals surface area contributed by atoms with Crippen molar-refractivity contribution in [1.29, 1.82) is 0 Å². The van der Waals surface area contributed by atoms with E-state index in [0.29, 0.717) is 31.6 Å². The summed E-state index contributed by atoms with van der Waals surface area (Å²) in [4.78, 5) is 30.2. The van der Waals surface area contributed by atoms with Crippen LogP contribution in [0.3, 0.4) is 0 Å². The number of hydrogen-bond acceptors (Lipinski definition) is 10. The fraction of sp³-hybridized carbons (Fsp3) is 0.533. The van der Waals surface area contributed by atoms with E-state index in [2.05, 4.69) is 10.6 Å². The van der Waals surface area contributed by atoms with Crippen LogP contribution in [-0.2, 0) is 40.3 Å². The molecule has 2 amide bonds. The second-order valence-electron chi connectivity index (χ2n) is 11.3. The fourth-order valence-electron chi connectivity index (χ4n) is 5.73. The number of hydroxylamine groups is 1. The molecule has 3 aliphatic rings. The minimum absolute atomic E-state index is 0.0630. The smallest absolute Gasteiger partial charge is 0.407 e. The Hall–Kier alpha value is -3.27. The third-order valence-electron chi connectivity index (χ3n) is 8.08. The summed E-state index contributed by atoms with van der Waals surface area (Å²) < 4.78 is 45.4. The summed E-state index contributed by atoms with van der Waals surface area (Å²) >= 11 is 0. The molecule has 2 heterocycles. The highest BCUT2D eigenvalue weighted by atomic mass is 32.2. The Balaban J connectivity index is 1.34. The van der Waals surface area contributed by atoms with Crippen LogP contribution >= 0.6 is 0 Å². The Labute approximate surface area is 257 Å². The van der Waals surface area contributed by atoms with Crippen LogP contribution in [0.2, 0.25) is 0 Å². The van der Waals surface area contributed by atoms with Crippen molar-refractivity contribution in [2.75, 3.05) is 31.6 Å². The van der Waals surface area contributed by atoms with E-state index in [1.807, 2.05) is 30.3 Å². The van der Waals surface area contributed by atoms with Crippen molar-refractivity contribution in [2.45, 2.75) is 74.1 Å². The van der Waals surface area contributed by atoms with Gasteiger partial charge in [0.1, 0.15) is 6.10 Å². The number of primary amides is 1. The molecule has 2 aliphatic heterocycles. The number of nitrogens with two attached hydrogens (primary N) is 1. The van der Waals surface area contributed by atoms with E-state index in [9.17, 15) is 23.1 Å². The molecule has 5 rings (SSSR count). The monoisotopic (exact) mass is 632 g/mol. The van der Waals surface area contributed by atoms with Crippen LogP contribution in [0.5, 0.6) is 0 Å². The average Bonchev–Trinajstić information content (AvgIpc) is 3.77. The molecule has 44 heavy (non-hydrogen) atoms. The first-order valence-electron chi connectivity index (χ1n) is 14.9. The van der Waals surface area contributed by atoms with Crippen LogP contribution in [0.25, 0.3) is 0 Å². The maximum absolute atomic E-state index is 13.9. The van der Waals surface area contributed by atoms with Gasteiger partial charge in [0.2, 0.25) is 5.91 Å². The van der Waals surface area contributed by atoms with Crippen LogP contribution in [0.1, 0.15) is 37.7 Å². The van der Waals surface area contributed by atoms with Crippen molar-refractivity contribution in [3.05, 3.63) is 60.2 Å². The first-order chi connectivity index (χ1) is 21.2. The first kappa shape index (κ1) is 32.1. The predicted octanol–water partition coefficient (Wildman–Crippen LogP) is 1.91. The molecule has 0 unspecified atom stereocenters. The zero-order valence-corrected chi connectivity index (χ0v) is 25.2. The van der Waals surface area contributed by atoms with Gasteiger partial charge < -0.3 is 35.7 Å². The maximum atomic E-state index is 13.9. The molecule has 240 valence electrons. The molecule has 5 N–H and O–H groups in total. The lowest BCUT2D eigenvalue weighted by molar-refractivity contribution is -0.145. The van der Waals surface area contributed by atoms with Gasteiger partial charge in [-0.25, -0.2) is 13.2 Å². The molecule has 5 atom stereocenters. The standard InChI is InChI=1S/C30H40N4O9S/c31-28(36)17-32-21-9-6-12-23(16-21)44(38,39)34(43-22-10-4-5-11-22)18-26(35)25(15-20-7-2-1-3-8-20)33-30(37)42-27-19-41-29-24(27)13-14-40-29/h1-3,6-9,12,16,22,24-27,29,32,35H,4-5,10-11,13-15,17-19H2,(H2,31,36)(H,33,37)/t24-,25+,26+,27-,29+/m1/s1. The van der Waals surface area contributed by atoms with E-state index in [1.54, 1.807) is 6.07 Å². The van der Waals surface area contributed by atoms with Gasteiger partial charge in [0.25, 0.3) is 10.0 Å². The highest BCUT2D eigenvalue weighted by Crippen LogP contribution is 2.33. The molecule has 3 fully saturated rings. The van der Waals surface area contributed by atoms with Crippen molar-refractivity contribution in [2.24, 2.45) is 11.7 Å². The summed E-state index contributed by atoms with van der Waals surface area (Å²) in [5.74, 6) is -0.660. The number of rotatable bonds is 14. The van der Waals surface area contributed by atoms with Crippen LogP contribution in [-0.4, -0.2) is 86.9 Å². The number of hydrogen-bond donors (Lipinski definition) is 4. The van der Waals surface area contributed by atoms with Crippen LogP contribution in [0, 0.1) is 5.92 Å². The molecule has 2 aromatic rings. The topological polar surface area (TPSA) is 179 Å². The number of nitrogens with one attached hydrogen (secondary N) is 2. The van der Waals surface area contributed by atoms with E-state index >= 15 is 0 Å². The molecule has 0 aromatic heterocycles. The van der Waals surface area contributed by atoms with E-state index < -0.39 is 53.1 Å². The van der Waals surface area contributed by atoms with Gasteiger partial charge in [-0.15, -0.1) is 0 Å². The number of amides is 2. The minimum Gasteiger partial charge on any atom is -0.443 e. The number of sulfonamides is 1. The number of fused-ring (bicyclic) bond motifs is 1. The predicted molar refractivity (Wildman–Crippen MR) is 159 cm³/mol. The number of benzene rings is 2. The number of aliphatic hydroxyl groups is 1. The number of aliphatic hydroxyl groups excluding tert-OH is 1. The Morgan fingerprint density at radius 1 is 1.07 bits per heavy atom. The number of carbonyl (C=O) groups excluding carboxylic acids is 2. The van der Waals surface area contributed by atoms with Crippen LogP contribution in [0.15, 0.2) is 59.5 Å². The van der Waals surface area contributed by atoms with Crippen molar-refractivity contribution in [3.63, 3.8) is 0 Å². The van der Waals surface area contributed by atoms with Crippen molar-refractivity contribution >= 4 is 27.7 Å². The summed E-state index contributed by atoms with van der Waals surface area (Å²) in [7, 11) is -4.29. The number of nitrogens with zero attached hydrogens (tertiary/aromatic N) is 1. The highest BCUT2D eigenvalue weighted by molar-refractivity contribution is 7.89. The number of carbonyl (C=O) groups is 2. The Morgan fingerprint density at radius 3 is 2.59 bits per heavy atom. The SMILES string of the molecule is NC(=O)CNc1cccc(S(=O)(=O)N(C[C@H](O)[C@H](Cc2ccccc2)NC(=O)O[C@@H]2CO[C@@H]3OCC[C@@H]32)OC2CCCC2)c1. The van der Waals surface area contributed by atoms with Crippen LogP contribution < -0.4 is 16.4 Å². The Kier molecular flexibility index (Phi) is 10.7. The second-order valence-corrected chi connectivity index (χ2v) is 13.2. The zero-order valence-electron chi connectivity index (χ0n) is 24.4. The normalized spacial score (nSPS) is 23.3. The molecule has 14 heteroatoms. The molecule has 1 aliphatic carbocycles. The lowest BCUT2D eigenvalue weighted by Crippen LogP contribution is -2.51. The summed E-state index contributed by atoms with van der Waals surface area (Å²) in [6, 6.07) is 14.2. The van der Waals surface area contributed by atoms with Gasteiger partial charge in [-0.05, 0) is 49.4 Å². The highest BCUT2D eigenvalue weighted by Gasteiger charge is 2.44. The van der Waals surface area contributed by atoms with E-state index in [0.717, 1.165) is 22.9 Å². The average molecular weight is 633 g/mol. The van der Waals surface area contributed by atoms with Gasteiger partial charge in [0, 0.05) is 5.69 Å². The van der Waals surface area contributed by atoms with Gasteiger partial charge in [-0.3, -0.25) is 9.63 Å². The molecule has 0 spiro atoms. The zero-order chi connectivity index (χ0) is 31.1. The largest absolute Gasteiger partial charge is 0.443 e. The van der Waals surface area contributed by atoms with E-state index in [-0.39, 0.29) is 36.5 Å². The minimum atomic E-state index is -4.29. The quantitative estimate of drug-likeness (QED) is 0.225. The van der Waals surface area contributed by atoms with Crippen molar-refractivity contribution in [3.8, 4) is 0 Å². The lowest BCUT2D eigenvalue weighted by atomic mass is 10.0. The number of ether oxygens (including phenoxy) is 3. The van der Waals surface area contributed by atoms with Gasteiger partial charge in [-0.1, -0.05) is 53.7 Å². The third-order valence-corrected chi connectivity index (χ3v) is 9.70. The van der Waals surface area contributed by atoms with Gasteiger partial charge in [0.05, 0.1) is 55.4 Å². The molecule has 13 nitrogen and oxygen atoms in total. The van der Waals surface area contributed by atoms with E-state index in [1.165, 1.54) is 18.2 Å². The third kappa shape index (κ3) is 8.25. The van der Waals surface area contributed by atoms with Gasteiger partial charge >= 0.3 is 6.09 Å². The van der Waals surface area contributed by atoms with E-state index in [4.69, 9.17) is 24.8 Å². The van der Waals surface area contributed by atoms with Crippen molar-refractivity contribution in [1.82, 2.24) is 9.79 Å². The summed E-state index contributed by atoms with van der Waals surface area (Å²) in [6.45, 7) is 0.111. The summed E-state index contributed by atoms with van der Waals surface area (Å²) in [5.41, 5.74) is 6.42. The van der Waals surface area contributed by atoms with Gasteiger partial charge in [-0.2, -0.15) is 0 Å². The molecule has 1 saturated carbocycles. The number of alkyl carbamates (subject to hydrolysis) is 1. The molecule has 2 aromatic carbocycles. The van der Waals surface area contributed by atoms with Crippen molar-refractivity contribution < 1.29 is 42.2 Å². The molecular formula is C30H40N4O9S. The first-order valence-corrected chi connectivity index (χ1v) is 16.4. The summed E-state index contributed by atoms with van der Waals surface area (Å²) in [5, 5.41) is 17.1. The fourth-order valence-corrected chi connectivity index (χ4v) is 7.08.